The number of hydrogen-bond donors (Lipinski definition) is 0. The lowest BCUT2D eigenvalue weighted by Crippen LogP contribution is -2.46. The van der Waals surface area contributed by atoms with Gasteiger partial charge in [-0.2, -0.15) is 0 Å². The molecule has 33 heavy (non-hydrogen) atoms. The Bertz CT molecular complexity index is 722. The summed E-state index contributed by atoms with van der Waals surface area (Å²) in [6, 6.07) is 6.96. The summed E-state index contributed by atoms with van der Waals surface area (Å²) in [6.07, 6.45) is 10.7. The summed E-state index contributed by atoms with van der Waals surface area (Å²) in [6.45, 7) is 6.81. The Balaban J connectivity index is 2.23. The van der Waals surface area contributed by atoms with Crippen LogP contribution in [0.25, 0.3) is 0 Å². The fourth-order valence-electron chi connectivity index (χ4n) is 4.18. The molecular weight excluding hydrogens is 416 g/mol. The molecule has 1 aromatic carbocycles. The van der Waals surface area contributed by atoms with Gasteiger partial charge >= 0.3 is 11.9 Å². The molecule has 0 amide bonds. The third kappa shape index (κ3) is 7.68. The number of unbranched alkanes of at least 4 members (excludes halogenated alkanes) is 6. The van der Waals surface area contributed by atoms with E-state index < -0.39 is 17.4 Å². The zero-order valence-corrected chi connectivity index (χ0v) is 20.8. The van der Waals surface area contributed by atoms with Gasteiger partial charge in [-0.15, -0.1) is 0 Å². The summed E-state index contributed by atoms with van der Waals surface area (Å²) >= 11 is 0. The van der Waals surface area contributed by atoms with E-state index in [-0.39, 0.29) is 11.7 Å². The quantitative estimate of drug-likeness (QED) is 0.114. The van der Waals surface area contributed by atoms with Crippen molar-refractivity contribution in [3.8, 4) is 0 Å². The molecule has 0 saturated heterocycles. The molecule has 1 aromatic rings. The Morgan fingerprint density at radius 3 is 1.70 bits per heavy atom. The SMILES string of the molecule is CCCCCCOC(=O)C(CCC)(C(=O)OCCCCCC)c1ccc(C(=O)C2CC2)cc1. The number of esters is 2. The summed E-state index contributed by atoms with van der Waals surface area (Å²) in [5, 5.41) is 0. The first-order valence-electron chi connectivity index (χ1n) is 13.0. The monoisotopic (exact) mass is 458 g/mol. The van der Waals surface area contributed by atoms with Gasteiger partial charge in [-0.1, -0.05) is 90.0 Å². The van der Waals surface area contributed by atoms with Gasteiger partial charge in [0.25, 0.3) is 0 Å². The van der Waals surface area contributed by atoms with Crippen LogP contribution in [0.4, 0.5) is 0 Å². The number of ketones is 1. The second-order valence-corrected chi connectivity index (χ2v) is 9.26. The molecule has 0 spiro atoms. The Hall–Kier alpha value is -2.17. The van der Waals surface area contributed by atoms with Crippen LogP contribution in [0.1, 0.15) is 114 Å². The molecular formula is C28H42O5. The van der Waals surface area contributed by atoms with E-state index in [1.807, 2.05) is 6.92 Å². The average molecular weight is 459 g/mol. The number of carbonyl (C=O) groups is 3. The first kappa shape index (κ1) is 27.1. The predicted octanol–water partition coefficient (Wildman–Crippen LogP) is 6.56. The van der Waals surface area contributed by atoms with E-state index in [2.05, 4.69) is 13.8 Å². The lowest BCUT2D eigenvalue weighted by Gasteiger charge is -2.30. The number of ether oxygens (including phenoxy) is 2. The first-order valence-corrected chi connectivity index (χ1v) is 13.0. The Morgan fingerprint density at radius 2 is 1.27 bits per heavy atom. The Morgan fingerprint density at radius 1 is 0.758 bits per heavy atom. The summed E-state index contributed by atoms with van der Waals surface area (Å²) < 4.78 is 11.3. The van der Waals surface area contributed by atoms with E-state index in [1.54, 1.807) is 24.3 Å². The molecule has 0 bridgehead atoms. The molecule has 1 aliphatic rings. The molecule has 1 aliphatic carbocycles. The van der Waals surface area contributed by atoms with Gasteiger partial charge in [-0.05, 0) is 37.7 Å². The van der Waals surface area contributed by atoms with Gasteiger partial charge in [-0.3, -0.25) is 14.4 Å². The number of Topliss-reactive ketones (excluding diaryl/α,β-unsaturated/α-hetero) is 1. The highest BCUT2D eigenvalue weighted by molar-refractivity contribution is 6.06. The van der Waals surface area contributed by atoms with Gasteiger partial charge in [0, 0.05) is 11.5 Å². The second kappa shape index (κ2) is 14.2. The molecule has 0 atom stereocenters. The third-order valence-corrected chi connectivity index (χ3v) is 6.39. The third-order valence-electron chi connectivity index (χ3n) is 6.39. The van der Waals surface area contributed by atoms with Crippen molar-refractivity contribution in [2.24, 2.45) is 5.92 Å². The van der Waals surface area contributed by atoms with Crippen molar-refractivity contribution in [3.05, 3.63) is 35.4 Å². The highest BCUT2D eigenvalue weighted by Crippen LogP contribution is 2.36. The van der Waals surface area contributed by atoms with E-state index >= 15 is 0 Å². The molecule has 0 unspecified atom stereocenters. The molecule has 0 heterocycles. The minimum absolute atomic E-state index is 0.123. The van der Waals surface area contributed by atoms with Gasteiger partial charge < -0.3 is 9.47 Å². The number of rotatable bonds is 17. The van der Waals surface area contributed by atoms with Crippen molar-refractivity contribution in [2.75, 3.05) is 13.2 Å². The summed E-state index contributed by atoms with van der Waals surface area (Å²) in [5.74, 6) is -0.821. The van der Waals surface area contributed by atoms with Crippen molar-refractivity contribution >= 4 is 17.7 Å². The number of benzene rings is 1. The maximum absolute atomic E-state index is 13.4. The van der Waals surface area contributed by atoms with Crippen LogP contribution in [0.2, 0.25) is 0 Å². The van der Waals surface area contributed by atoms with Crippen molar-refractivity contribution in [3.63, 3.8) is 0 Å². The zero-order valence-electron chi connectivity index (χ0n) is 20.8. The van der Waals surface area contributed by atoms with Gasteiger partial charge in [0.1, 0.15) is 0 Å². The lowest BCUT2D eigenvalue weighted by molar-refractivity contribution is -0.166. The van der Waals surface area contributed by atoms with Gasteiger partial charge in [0.15, 0.2) is 11.2 Å². The van der Waals surface area contributed by atoms with E-state index in [4.69, 9.17) is 9.47 Å². The van der Waals surface area contributed by atoms with E-state index in [0.29, 0.717) is 37.2 Å². The molecule has 0 N–H and O–H groups in total. The van der Waals surface area contributed by atoms with Crippen molar-refractivity contribution < 1.29 is 23.9 Å². The molecule has 5 nitrogen and oxygen atoms in total. The first-order chi connectivity index (χ1) is 16.0. The molecule has 5 heteroatoms. The molecule has 1 saturated carbocycles. The average Bonchev–Trinajstić information content (AvgIpc) is 3.67. The zero-order chi connectivity index (χ0) is 24.1. The summed E-state index contributed by atoms with van der Waals surface area (Å²) in [4.78, 5) is 39.3. The standard InChI is InChI=1S/C28H42O5/c1-4-7-9-11-20-32-26(30)28(19-6-3,27(31)33-21-12-10-8-5-2)24-17-15-23(16-18-24)25(29)22-13-14-22/h15-18,22H,4-14,19-21H2,1-3H3. The molecule has 0 aromatic heterocycles. The van der Waals surface area contributed by atoms with Crippen LogP contribution in [0.5, 0.6) is 0 Å². The summed E-state index contributed by atoms with van der Waals surface area (Å²) in [7, 11) is 0. The van der Waals surface area contributed by atoms with Crippen LogP contribution in [-0.2, 0) is 24.5 Å². The highest BCUT2D eigenvalue weighted by Gasteiger charge is 2.50. The maximum atomic E-state index is 13.4. The summed E-state index contributed by atoms with van der Waals surface area (Å²) in [5.41, 5.74) is -0.313. The van der Waals surface area contributed by atoms with Crippen LogP contribution in [-0.4, -0.2) is 30.9 Å². The fraction of sp³-hybridized carbons (Fsp3) is 0.679. The Labute approximate surface area is 199 Å². The fourth-order valence-corrected chi connectivity index (χ4v) is 4.18. The largest absolute Gasteiger partial charge is 0.465 e. The van der Waals surface area contributed by atoms with Crippen molar-refractivity contribution in [1.82, 2.24) is 0 Å². The molecule has 0 radical (unpaired) electrons. The lowest BCUT2D eigenvalue weighted by atomic mass is 9.76. The topological polar surface area (TPSA) is 69.7 Å². The normalized spacial score (nSPS) is 13.5. The smallest absolute Gasteiger partial charge is 0.328 e. The number of hydrogen-bond acceptors (Lipinski definition) is 5. The Kier molecular flexibility index (Phi) is 11.6. The van der Waals surface area contributed by atoms with Crippen molar-refractivity contribution in [1.29, 1.82) is 0 Å². The second-order valence-electron chi connectivity index (χ2n) is 9.26. The van der Waals surface area contributed by atoms with Crippen LogP contribution in [0, 0.1) is 5.92 Å². The molecule has 0 aliphatic heterocycles. The molecule has 2 rings (SSSR count). The molecule has 1 fully saturated rings. The van der Waals surface area contributed by atoms with Crippen LogP contribution < -0.4 is 0 Å². The number of carbonyl (C=O) groups excluding carboxylic acids is 3. The van der Waals surface area contributed by atoms with Gasteiger partial charge in [-0.25, -0.2) is 0 Å². The van der Waals surface area contributed by atoms with Crippen LogP contribution >= 0.6 is 0 Å². The van der Waals surface area contributed by atoms with Gasteiger partial charge in [0.05, 0.1) is 13.2 Å². The van der Waals surface area contributed by atoms with Crippen LogP contribution in [0.3, 0.4) is 0 Å². The van der Waals surface area contributed by atoms with E-state index in [9.17, 15) is 14.4 Å². The predicted molar refractivity (Wildman–Crippen MR) is 130 cm³/mol. The molecule has 184 valence electrons. The minimum atomic E-state index is -1.49. The minimum Gasteiger partial charge on any atom is -0.465 e. The highest BCUT2D eigenvalue weighted by atomic mass is 16.6. The van der Waals surface area contributed by atoms with Gasteiger partial charge in [0.2, 0.25) is 0 Å². The van der Waals surface area contributed by atoms with E-state index in [0.717, 1.165) is 64.2 Å². The van der Waals surface area contributed by atoms with Crippen LogP contribution in [0.15, 0.2) is 24.3 Å². The maximum Gasteiger partial charge on any atom is 0.328 e. The van der Waals surface area contributed by atoms with Crippen molar-refractivity contribution in [2.45, 2.75) is 103 Å². The van der Waals surface area contributed by atoms with E-state index in [1.165, 1.54) is 0 Å².